The lowest BCUT2D eigenvalue weighted by Crippen LogP contribution is -2.45. The highest BCUT2D eigenvalue weighted by atomic mass is 35.5. The third-order valence-corrected chi connectivity index (χ3v) is 4.84. The summed E-state index contributed by atoms with van der Waals surface area (Å²) in [6, 6.07) is 5.73. The first-order valence-corrected chi connectivity index (χ1v) is 8.62. The Labute approximate surface area is 149 Å². The van der Waals surface area contributed by atoms with Crippen LogP contribution in [0.4, 0.5) is 11.4 Å². The fourth-order valence-corrected chi connectivity index (χ4v) is 3.54. The van der Waals surface area contributed by atoms with Crippen LogP contribution in [-0.4, -0.2) is 36.3 Å². The molecule has 2 heterocycles. The first kappa shape index (κ1) is 18.6. The molecule has 6 heteroatoms. The van der Waals surface area contributed by atoms with Crippen LogP contribution in [0.1, 0.15) is 44.1 Å². The van der Waals surface area contributed by atoms with Crippen molar-refractivity contribution >= 4 is 35.6 Å². The van der Waals surface area contributed by atoms with Crippen molar-refractivity contribution in [3.05, 3.63) is 23.8 Å². The molecule has 24 heavy (non-hydrogen) atoms. The average Bonchev–Trinajstić information content (AvgIpc) is 2.54. The van der Waals surface area contributed by atoms with Gasteiger partial charge in [-0.25, -0.2) is 0 Å². The summed E-state index contributed by atoms with van der Waals surface area (Å²) in [6.07, 6.45) is 6.58. The van der Waals surface area contributed by atoms with Crippen LogP contribution in [0.2, 0.25) is 0 Å². The lowest BCUT2D eigenvalue weighted by Gasteiger charge is -2.33. The van der Waals surface area contributed by atoms with E-state index in [2.05, 4.69) is 0 Å². The van der Waals surface area contributed by atoms with E-state index in [1.807, 2.05) is 18.2 Å². The minimum Gasteiger partial charge on any atom is -0.398 e. The quantitative estimate of drug-likeness (QED) is 0.833. The molecular weight excluding hydrogens is 326 g/mol. The number of hydrogen-bond donors (Lipinski definition) is 1. The van der Waals surface area contributed by atoms with Gasteiger partial charge in [0.25, 0.3) is 0 Å². The zero-order valence-corrected chi connectivity index (χ0v) is 14.8. The molecular formula is C18H26ClN3O2. The second-order valence-electron chi connectivity index (χ2n) is 6.47. The number of benzene rings is 1. The number of carbonyl (C=O) groups is 2. The van der Waals surface area contributed by atoms with Crippen LogP contribution in [0.15, 0.2) is 18.2 Å². The highest BCUT2D eigenvalue weighted by Crippen LogP contribution is 2.31. The molecule has 1 saturated heterocycles. The SMILES string of the molecule is Cl.Nc1cccc2c1CCCN2C(=O)CN1CCCCCCC1=O. The van der Waals surface area contributed by atoms with Crippen molar-refractivity contribution in [3.63, 3.8) is 0 Å². The van der Waals surface area contributed by atoms with E-state index in [9.17, 15) is 9.59 Å². The third kappa shape index (κ3) is 4.01. The second kappa shape index (κ2) is 8.38. The molecule has 1 fully saturated rings. The third-order valence-electron chi connectivity index (χ3n) is 4.84. The molecule has 2 amide bonds. The van der Waals surface area contributed by atoms with Gasteiger partial charge < -0.3 is 15.5 Å². The maximum atomic E-state index is 12.8. The van der Waals surface area contributed by atoms with Crippen LogP contribution in [0.5, 0.6) is 0 Å². The fraction of sp³-hybridized carbons (Fsp3) is 0.556. The second-order valence-corrected chi connectivity index (χ2v) is 6.47. The van der Waals surface area contributed by atoms with Crippen LogP contribution in [0, 0.1) is 0 Å². The molecule has 5 nitrogen and oxygen atoms in total. The number of fused-ring (bicyclic) bond motifs is 1. The molecule has 0 aliphatic carbocycles. The maximum Gasteiger partial charge on any atom is 0.246 e. The predicted octanol–water partition coefficient (Wildman–Crippen LogP) is 2.76. The van der Waals surface area contributed by atoms with Gasteiger partial charge in [0.1, 0.15) is 6.54 Å². The number of nitrogen functional groups attached to an aromatic ring is 1. The average molecular weight is 352 g/mol. The molecule has 0 aromatic heterocycles. The van der Waals surface area contributed by atoms with E-state index >= 15 is 0 Å². The maximum absolute atomic E-state index is 12.8. The lowest BCUT2D eigenvalue weighted by atomic mass is 9.99. The summed E-state index contributed by atoms with van der Waals surface area (Å²) in [5.41, 5.74) is 8.78. The monoisotopic (exact) mass is 351 g/mol. The molecule has 1 aromatic carbocycles. The lowest BCUT2D eigenvalue weighted by molar-refractivity contribution is -0.135. The highest BCUT2D eigenvalue weighted by molar-refractivity contribution is 5.98. The van der Waals surface area contributed by atoms with Crippen molar-refractivity contribution in [1.29, 1.82) is 0 Å². The van der Waals surface area contributed by atoms with Crippen LogP contribution in [0.3, 0.4) is 0 Å². The Morgan fingerprint density at radius 1 is 1.04 bits per heavy atom. The number of halogens is 1. The van der Waals surface area contributed by atoms with Gasteiger partial charge in [-0.2, -0.15) is 0 Å². The number of nitrogens with two attached hydrogens (primary N) is 1. The Morgan fingerprint density at radius 2 is 1.83 bits per heavy atom. The van der Waals surface area contributed by atoms with Crippen LogP contribution < -0.4 is 10.6 Å². The molecule has 0 unspecified atom stereocenters. The van der Waals surface area contributed by atoms with Gasteiger partial charge in [0.15, 0.2) is 0 Å². The first-order chi connectivity index (χ1) is 11.2. The van der Waals surface area contributed by atoms with Gasteiger partial charge in [-0.15, -0.1) is 12.4 Å². The summed E-state index contributed by atoms with van der Waals surface area (Å²) in [5, 5.41) is 0. The Morgan fingerprint density at radius 3 is 2.67 bits per heavy atom. The molecule has 0 atom stereocenters. The molecule has 0 saturated carbocycles. The molecule has 1 aromatic rings. The van der Waals surface area contributed by atoms with E-state index in [0.717, 1.165) is 55.5 Å². The molecule has 2 aliphatic heterocycles. The number of carbonyl (C=O) groups excluding carboxylic acids is 2. The van der Waals surface area contributed by atoms with E-state index < -0.39 is 0 Å². The Bertz CT molecular complexity index is 606. The van der Waals surface area contributed by atoms with E-state index in [4.69, 9.17) is 5.73 Å². The first-order valence-electron chi connectivity index (χ1n) is 8.62. The van der Waals surface area contributed by atoms with Gasteiger partial charge >= 0.3 is 0 Å². The smallest absolute Gasteiger partial charge is 0.246 e. The Kier molecular flexibility index (Phi) is 6.49. The van der Waals surface area contributed by atoms with Crippen LogP contribution in [0.25, 0.3) is 0 Å². The van der Waals surface area contributed by atoms with Gasteiger partial charge in [0.2, 0.25) is 11.8 Å². The van der Waals surface area contributed by atoms with Crippen molar-refractivity contribution < 1.29 is 9.59 Å². The minimum atomic E-state index is 0. The normalized spacial score (nSPS) is 18.2. The summed E-state index contributed by atoms with van der Waals surface area (Å²) < 4.78 is 0. The van der Waals surface area contributed by atoms with Crippen molar-refractivity contribution in [2.24, 2.45) is 0 Å². The van der Waals surface area contributed by atoms with Crippen molar-refractivity contribution in [2.75, 3.05) is 30.3 Å². The van der Waals surface area contributed by atoms with E-state index in [-0.39, 0.29) is 30.8 Å². The largest absolute Gasteiger partial charge is 0.398 e. The number of amides is 2. The predicted molar refractivity (Wildman–Crippen MR) is 98.4 cm³/mol. The van der Waals surface area contributed by atoms with Gasteiger partial charge in [0.05, 0.1) is 0 Å². The molecule has 2 aliphatic rings. The number of anilines is 2. The van der Waals surface area contributed by atoms with Crippen molar-refractivity contribution in [1.82, 2.24) is 4.90 Å². The number of likely N-dealkylation sites (tertiary alicyclic amines) is 1. The fourth-order valence-electron chi connectivity index (χ4n) is 3.54. The molecule has 132 valence electrons. The van der Waals surface area contributed by atoms with Gasteiger partial charge in [-0.3, -0.25) is 9.59 Å². The van der Waals surface area contributed by atoms with Gasteiger partial charge in [-0.1, -0.05) is 18.9 Å². The molecule has 0 bridgehead atoms. The summed E-state index contributed by atoms with van der Waals surface area (Å²) in [6.45, 7) is 1.59. The van der Waals surface area contributed by atoms with Crippen molar-refractivity contribution in [2.45, 2.75) is 44.9 Å². The van der Waals surface area contributed by atoms with Gasteiger partial charge in [0, 0.05) is 30.9 Å². The molecule has 0 spiro atoms. The van der Waals surface area contributed by atoms with Crippen LogP contribution >= 0.6 is 12.4 Å². The number of rotatable bonds is 2. The molecule has 0 radical (unpaired) electrons. The number of nitrogens with zero attached hydrogens (tertiary/aromatic N) is 2. The summed E-state index contributed by atoms with van der Waals surface area (Å²) in [5.74, 6) is 0.119. The zero-order chi connectivity index (χ0) is 16.2. The van der Waals surface area contributed by atoms with E-state index in [1.165, 1.54) is 0 Å². The summed E-state index contributed by atoms with van der Waals surface area (Å²) >= 11 is 0. The highest BCUT2D eigenvalue weighted by Gasteiger charge is 2.26. The van der Waals surface area contributed by atoms with E-state index in [1.54, 1.807) is 9.80 Å². The summed E-state index contributed by atoms with van der Waals surface area (Å²) in [4.78, 5) is 28.5. The summed E-state index contributed by atoms with van der Waals surface area (Å²) in [7, 11) is 0. The van der Waals surface area contributed by atoms with Gasteiger partial charge in [-0.05, 0) is 43.4 Å². The minimum absolute atomic E-state index is 0. The zero-order valence-electron chi connectivity index (χ0n) is 14.0. The Hall–Kier alpha value is -1.75. The Balaban J connectivity index is 0.00000208. The van der Waals surface area contributed by atoms with E-state index in [0.29, 0.717) is 19.5 Å². The van der Waals surface area contributed by atoms with Crippen LogP contribution in [-0.2, 0) is 16.0 Å². The standard InChI is InChI=1S/C18H25N3O2.ClH/c19-15-8-5-9-16-14(15)7-6-12-21(16)18(23)13-20-11-4-2-1-3-10-17(20)22;/h5,8-9H,1-4,6-7,10-13,19H2;1H. The van der Waals surface area contributed by atoms with Crippen molar-refractivity contribution in [3.8, 4) is 0 Å². The topological polar surface area (TPSA) is 66.6 Å². The number of hydrogen-bond acceptors (Lipinski definition) is 3. The molecule has 2 N–H and O–H groups in total. The molecule has 3 rings (SSSR count).